The number of thiazole rings is 2. The summed E-state index contributed by atoms with van der Waals surface area (Å²) >= 11 is 3.01. The van der Waals surface area contributed by atoms with Gasteiger partial charge >= 0.3 is 12.2 Å². The number of aromatic nitrogens is 6. The van der Waals surface area contributed by atoms with Crippen LogP contribution in [0.15, 0.2) is 24.8 Å². The van der Waals surface area contributed by atoms with Crippen LogP contribution in [0.1, 0.15) is 77.1 Å². The van der Waals surface area contributed by atoms with Crippen LogP contribution in [0.5, 0.6) is 0 Å². The summed E-state index contributed by atoms with van der Waals surface area (Å²) in [6.07, 6.45) is 8.98. The molecule has 0 bridgehead atoms. The standard InChI is InChI=1S/C34H44N10O6S2/c1-17(2)25(41-33(47)49-5)31(45)43-11-7-9-21(43)27-35-13-19(39-27)29-37-15-23(51-29)24-16-38-30(52-24)20-14-36-28(40-20)22-10-8-12-44(22)32(46)26(18(3)4)42-34(48)50-6/h13-18,21-22,25-26H,7-12H2,1-6H3,(H,35,39)(H,36,40)(H,41,47)(H,42,48)/t21-,22-,25?,26?/m0/s1. The number of amides is 4. The summed E-state index contributed by atoms with van der Waals surface area (Å²) in [7, 11) is 2.56. The fourth-order valence-electron chi connectivity index (χ4n) is 6.64. The fraction of sp³-hybridized carbons (Fsp3) is 0.529. The molecule has 2 fully saturated rings. The topological polar surface area (TPSA) is 200 Å². The normalized spacial score (nSPS) is 18.5. The summed E-state index contributed by atoms with van der Waals surface area (Å²) in [5.74, 6) is 0.788. The Hall–Kier alpha value is -4.84. The Labute approximate surface area is 309 Å². The predicted octanol–water partition coefficient (Wildman–Crippen LogP) is 5.14. The summed E-state index contributed by atoms with van der Waals surface area (Å²) in [6.45, 7) is 8.69. The van der Waals surface area contributed by atoms with E-state index < -0.39 is 24.3 Å². The van der Waals surface area contributed by atoms with Crippen molar-refractivity contribution in [1.82, 2.24) is 50.3 Å². The van der Waals surface area contributed by atoms with Gasteiger partial charge in [0.2, 0.25) is 11.8 Å². The lowest BCUT2D eigenvalue weighted by Crippen LogP contribution is -2.51. The zero-order valence-corrected chi connectivity index (χ0v) is 31.6. The molecule has 2 saturated heterocycles. The van der Waals surface area contributed by atoms with Gasteiger partial charge in [-0.2, -0.15) is 0 Å². The van der Waals surface area contributed by atoms with Crippen molar-refractivity contribution in [3.8, 4) is 31.2 Å². The van der Waals surface area contributed by atoms with Crippen molar-refractivity contribution in [2.24, 2.45) is 11.8 Å². The monoisotopic (exact) mass is 752 g/mol. The first-order valence-electron chi connectivity index (χ1n) is 17.3. The Kier molecular flexibility index (Phi) is 11.2. The summed E-state index contributed by atoms with van der Waals surface area (Å²) in [6, 6.07) is -1.90. The third-order valence-corrected chi connectivity index (χ3v) is 11.6. The van der Waals surface area contributed by atoms with Crippen molar-refractivity contribution < 1.29 is 28.7 Å². The lowest BCUT2D eigenvalue weighted by molar-refractivity contribution is -0.136. The SMILES string of the molecule is COC(=O)NC(C(=O)N1CCC[C@H]1c1ncc(-c2ncc(-c3cnc(-c4cnc([C@@H]5CCCN5C(=O)C(NC(=O)OC)C(C)C)[nH]4)s3)s2)[nH]1)C(C)C. The van der Waals surface area contributed by atoms with Crippen LogP contribution >= 0.6 is 22.7 Å². The highest BCUT2D eigenvalue weighted by Gasteiger charge is 2.39. The number of hydrogen-bond acceptors (Lipinski definition) is 12. The van der Waals surface area contributed by atoms with E-state index in [0.29, 0.717) is 24.7 Å². The molecule has 0 saturated carbocycles. The third kappa shape index (κ3) is 7.67. The van der Waals surface area contributed by atoms with Crippen LogP contribution in [0.3, 0.4) is 0 Å². The van der Waals surface area contributed by atoms with Crippen molar-refractivity contribution in [3.63, 3.8) is 0 Å². The predicted molar refractivity (Wildman–Crippen MR) is 194 cm³/mol. The molecule has 16 nitrogen and oxygen atoms in total. The third-order valence-electron chi connectivity index (χ3n) is 9.39. The first kappa shape index (κ1) is 36.9. The van der Waals surface area contributed by atoms with E-state index in [2.05, 4.69) is 40.5 Å². The Morgan fingerprint density at radius 3 is 1.46 bits per heavy atom. The number of hydrogen-bond donors (Lipinski definition) is 4. The molecule has 4 amide bonds. The van der Waals surface area contributed by atoms with E-state index in [1.165, 1.54) is 36.9 Å². The molecule has 4 aromatic heterocycles. The number of imidazole rings is 2. The number of rotatable bonds is 11. The highest BCUT2D eigenvalue weighted by molar-refractivity contribution is 7.24. The molecule has 278 valence electrons. The lowest BCUT2D eigenvalue weighted by Gasteiger charge is -2.29. The molecule has 6 heterocycles. The number of nitrogens with zero attached hydrogens (tertiary/aromatic N) is 6. The van der Waals surface area contributed by atoms with Crippen LogP contribution in [0.4, 0.5) is 9.59 Å². The van der Waals surface area contributed by atoms with Crippen LogP contribution in [-0.2, 0) is 19.1 Å². The van der Waals surface area contributed by atoms with E-state index in [-0.39, 0.29) is 35.7 Å². The van der Waals surface area contributed by atoms with Crippen LogP contribution in [0, 0.1) is 11.8 Å². The first-order chi connectivity index (χ1) is 25.0. The van der Waals surface area contributed by atoms with Crippen LogP contribution in [0.25, 0.3) is 31.2 Å². The number of likely N-dealkylation sites (tertiary alicyclic amines) is 2. The van der Waals surface area contributed by atoms with Crippen molar-refractivity contribution >= 4 is 46.7 Å². The number of methoxy groups -OCH3 is 2. The Morgan fingerprint density at radius 1 is 0.692 bits per heavy atom. The largest absolute Gasteiger partial charge is 0.453 e. The molecule has 4 atom stereocenters. The van der Waals surface area contributed by atoms with E-state index in [4.69, 9.17) is 9.47 Å². The van der Waals surface area contributed by atoms with Gasteiger partial charge in [-0.1, -0.05) is 27.7 Å². The number of alkyl carbamates (subject to hydrolysis) is 2. The average Bonchev–Trinajstić information content (AvgIpc) is 3.98. The average molecular weight is 753 g/mol. The number of aromatic amines is 2. The second-order valence-electron chi connectivity index (χ2n) is 13.5. The van der Waals surface area contributed by atoms with E-state index in [1.807, 2.05) is 40.1 Å². The van der Waals surface area contributed by atoms with E-state index in [1.54, 1.807) is 22.2 Å². The molecule has 0 spiro atoms. The van der Waals surface area contributed by atoms with Gasteiger partial charge in [0.05, 0.1) is 59.8 Å². The van der Waals surface area contributed by atoms with Gasteiger partial charge in [-0.15, -0.1) is 22.7 Å². The molecule has 2 aliphatic rings. The number of ether oxygens (including phenoxy) is 2. The van der Waals surface area contributed by atoms with Gasteiger partial charge in [-0.25, -0.2) is 29.5 Å². The maximum atomic E-state index is 13.5. The molecule has 4 N–H and O–H groups in total. The van der Waals surface area contributed by atoms with Gasteiger partial charge < -0.3 is 39.9 Å². The summed E-state index contributed by atoms with van der Waals surface area (Å²) in [5, 5.41) is 6.86. The highest BCUT2D eigenvalue weighted by Crippen LogP contribution is 2.39. The number of carbonyl (C=O) groups is 4. The van der Waals surface area contributed by atoms with Gasteiger partial charge in [0.25, 0.3) is 0 Å². The molecule has 4 aromatic rings. The Morgan fingerprint density at radius 2 is 1.10 bits per heavy atom. The molecule has 0 radical (unpaired) electrons. The van der Waals surface area contributed by atoms with Crippen LogP contribution in [0.2, 0.25) is 0 Å². The van der Waals surface area contributed by atoms with Crippen molar-refractivity contribution in [3.05, 3.63) is 36.4 Å². The number of nitrogens with one attached hydrogen (secondary N) is 4. The highest BCUT2D eigenvalue weighted by atomic mass is 32.1. The first-order valence-corrected chi connectivity index (χ1v) is 18.9. The minimum atomic E-state index is -0.706. The van der Waals surface area contributed by atoms with Gasteiger partial charge in [-0.05, 0) is 37.5 Å². The van der Waals surface area contributed by atoms with Crippen LogP contribution in [-0.4, -0.2) is 103 Å². The summed E-state index contributed by atoms with van der Waals surface area (Å²) < 4.78 is 9.49. The number of carbonyl (C=O) groups excluding carboxylic acids is 4. The molecular weight excluding hydrogens is 709 g/mol. The zero-order valence-electron chi connectivity index (χ0n) is 30.0. The van der Waals surface area contributed by atoms with E-state index >= 15 is 0 Å². The Bertz CT molecular complexity index is 1760. The van der Waals surface area contributed by atoms with Crippen molar-refractivity contribution in [2.75, 3.05) is 27.3 Å². The molecular formula is C34H44N10O6S2. The van der Waals surface area contributed by atoms with Gasteiger partial charge in [0.1, 0.15) is 33.7 Å². The second-order valence-corrected chi connectivity index (χ2v) is 15.6. The lowest BCUT2D eigenvalue weighted by atomic mass is 10.0. The minimum absolute atomic E-state index is 0.120. The zero-order chi connectivity index (χ0) is 37.1. The van der Waals surface area contributed by atoms with Crippen LogP contribution < -0.4 is 10.6 Å². The molecule has 2 unspecified atom stereocenters. The summed E-state index contributed by atoms with van der Waals surface area (Å²) in [4.78, 5) is 81.7. The molecule has 0 aliphatic carbocycles. The Balaban J connectivity index is 1.13. The quantitative estimate of drug-likeness (QED) is 0.159. The molecule has 6 rings (SSSR count). The summed E-state index contributed by atoms with van der Waals surface area (Å²) in [5.41, 5.74) is 1.50. The fourth-order valence-corrected chi connectivity index (χ4v) is 8.46. The van der Waals surface area contributed by atoms with Crippen molar-refractivity contribution in [2.45, 2.75) is 77.5 Å². The van der Waals surface area contributed by atoms with Gasteiger partial charge in [0, 0.05) is 25.5 Å². The maximum Gasteiger partial charge on any atom is 0.407 e. The smallest absolute Gasteiger partial charge is 0.407 e. The molecule has 18 heteroatoms. The second kappa shape index (κ2) is 15.8. The van der Waals surface area contributed by atoms with Gasteiger partial charge in [-0.3, -0.25) is 9.59 Å². The molecule has 0 aromatic carbocycles. The van der Waals surface area contributed by atoms with Gasteiger partial charge in [0.15, 0.2) is 0 Å². The maximum absolute atomic E-state index is 13.5. The number of H-pyrrole nitrogens is 2. The van der Waals surface area contributed by atoms with Crippen molar-refractivity contribution in [1.29, 1.82) is 0 Å². The molecule has 52 heavy (non-hydrogen) atoms. The van der Waals surface area contributed by atoms with E-state index in [0.717, 1.165) is 56.8 Å². The van der Waals surface area contributed by atoms with E-state index in [9.17, 15) is 19.2 Å². The molecule has 2 aliphatic heterocycles. The minimum Gasteiger partial charge on any atom is -0.453 e.